The largest absolute Gasteiger partial charge is 0.378 e. The van der Waals surface area contributed by atoms with E-state index in [4.69, 9.17) is 9.72 Å². The Labute approximate surface area is 155 Å². The smallest absolute Gasteiger partial charge is 0.315 e. The van der Waals surface area contributed by atoms with E-state index in [2.05, 4.69) is 41.3 Å². The fraction of sp³-hybridized carbons (Fsp3) is 0.737. The molecule has 2 heterocycles. The van der Waals surface area contributed by atoms with Gasteiger partial charge < -0.3 is 20.3 Å². The van der Waals surface area contributed by atoms with E-state index in [9.17, 15) is 4.79 Å². The normalized spacial score (nSPS) is 21.8. The molecule has 1 aliphatic heterocycles. The van der Waals surface area contributed by atoms with Crippen LogP contribution in [0.3, 0.4) is 0 Å². The van der Waals surface area contributed by atoms with Crippen LogP contribution in [-0.4, -0.2) is 48.8 Å². The molecular weight excluding hydrogens is 330 g/mol. The van der Waals surface area contributed by atoms with Crippen molar-refractivity contribution >= 4 is 12.0 Å². The minimum atomic E-state index is -0.107. The summed E-state index contributed by atoms with van der Waals surface area (Å²) in [4.78, 5) is 23.8. The number of hydrogen-bond donors (Lipinski definition) is 2. The van der Waals surface area contributed by atoms with Crippen molar-refractivity contribution in [3.05, 3.63) is 17.5 Å². The number of amides is 2. The summed E-state index contributed by atoms with van der Waals surface area (Å²) in [6.07, 6.45) is 5.75. The predicted octanol–water partition coefficient (Wildman–Crippen LogP) is 2.43. The van der Waals surface area contributed by atoms with Gasteiger partial charge in [-0.15, -0.1) is 0 Å². The molecule has 7 nitrogen and oxygen atoms in total. The first-order chi connectivity index (χ1) is 12.5. The van der Waals surface area contributed by atoms with Crippen molar-refractivity contribution in [1.29, 1.82) is 0 Å². The van der Waals surface area contributed by atoms with Gasteiger partial charge in [0.1, 0.15) is 0 Å². The molecule has 1 saturated heterocycles. The number of nitrogens with zero attached hydrogens (tertiary/aromatic N) is 3. The summed E-state index contributed by atoms with van der Waals surface area (Å²) < 4.78 is 5.42. The summed E-state index contributed by atoms with van der Waals surface area (Å²) in [6.45, 7) is 10.4. The van der Waals surface area contributed by atoms with Gasteiger partial charge in [-0.25, -0.2) is 14.8 Å². The minimum Gasteiger partial charge on any atom is -0.378 e. The standard InChI is InChI=1S/C19H31N5O2/c1-4-5-6-20-18(25)23-16-12-19(2,3)11-15-14(16)13-21-17(22-15)24-7-9-26-10-8-24/h13,16H,4-12H2,1-3H3,(H2,20,23,25)/t16-/m1/s1. The summed E-state index contributed by atoms with van der Waals surface area (Å²) >= 11 is 0. The third kappa shape index (κ3) is 4.63. The van der Waals surface area contributed by atoms with E-state index >= 15 is 0 Å². The molecule has 0 unspecified atom stereocenters. The number of rotatable bonds is 5. The van der Waals surface area contributed by atoms with Crippen LogP contribution >= 0.6 is 0 Å². The zero-order valence-electron chi connectivity index (χ0n) is 16.2. The van der Waals surface area contributed by atoms with E-state index in [1.165, 1.54) is 0 Å². The van der Waals surface area contributed by atoms with Crippen LogP contribution < -0.4 is 15.5 Å². The highest BCUT2D eigenvalue weighted by Crippen LogP contribution is 2.40. The molecule has 2 N–H and O–H groups in total. The summed E-state index contributed by atoms with van der Waals surface area (Å²) in [5.74, 6) is 0.774. The number of morpholine rings is 1. The number of unbranched alkanes of at least 4 members (excludes halogenated alkanes) is 1. The summed E-state index contributed by atoms with van der Waals surface area (Å²) in [6, 6.07) is -0.154. The number of aromatic nitrogens is 2. The molecule has 1 fully saturated rings. The van der Waals surface area contributed by atoms with E-state index in [0.29, 0.717) is 19.8 Å². The van der Waals surface area contributed by atoms with Crippen LogP contribution in [0.25, 0.3) is 0 Å². The molecule has 7 heteroatoms. The molecule has 3 rings (SSSR count). The number of urea groups is 1. The van der Waals surface area contributed by atoms with Gasteiger partial charge in [0.05, 0.1) is 24.9 Å². The summed E-state index contributed by atoms with van der Waals surface area (Å²) in [5.41, 5.74) is 2.19. The Balaban J connectivity index is 1.75. The molecule has 144 valence electrons. The Morgan fingerprint density at radius 2 is 2.15 bits per heavy atom. The van der Waals surface area contributed by atoms with Crippen molar-refractivity contribution in [2.24, 2.45) is 5.41 Å². The van der Waals surface area contributed by atoms with Gasteiger partial charge in [0, 0.05) is 31.4 Å². The monoisotopic (exact) mass is 361 g/mol. The second kappa shape index (κ2) is 8.20. The molecule has 2 aliphatic rings. The van der Waals surface area contributed by atoms with Crippen molar-refractivity contribution < 1.29 is 9.53 Å². The fourth-order valence-corrected chi connectivity index (χ4v) is 3.67. The van der Waals surface area contributed by atoms with E-state index in [1.807, 2.05) is 6.20 Å². The first kappa shape index (κ1) is 18.9. The number of nitrogens with one attached hydrogen (secondary N) is 2. The van der Waals surface area contributed by atoms with Crippen LogP contribution in [0.2, 0.25) is 0 Å². The highest BCUT2D eigenvalue weighted by Gasteiger charge is 2.35. The molecule has 26 heavy (non-hydrogen) atoms. The number of hydrogen-bond acceptors (Lipinski definition) is 5. The second-order valence-electron chi connectivity index (χ2n) is 8.02. The molecule has 1 aliphatic carbocycles. The minimum absolute atomic E-state index is 0.0471. The molecule has 0 saturated carbocycles. The van der Waals surface area contributed by atoms with Crippen molar-refractivity contribution in [3.8, 4) is 0 Å². The maximum Gasteiger partial charge on any atom is 0.315 e. The Morgan fingerprint density at radius 1 is 1.38 bits per heavy atom. The van der Waals surface area contributed by atoms with E-state index in [-0.39, 0.29) is 17.5 Å². The number of fused-ring (bicyclic) bond motifs is 1. The van der Waals surface area contributed by atoms with Gasteiger partial charge in [-0.05, 0) is 24.7 Å². The maximum absolute atomic E-state index is 12.2. The van der Waals surface area contributed by atoms with Gasteiger partial charge in [-0.2, -0.15) is 0 Å². The number of ether oxygens (including phenoxy) is 1. The number of carbonyl (C=O) groups is 1. The van der Waals surface area contributed by atoms with E-state index in [1.54, 1.807) is 0 Å². The van der Waals surface area contributed by atoms with Crippen molar-refractivity contribution in [3.63, 3.8) is 0 Å². The van der Waals surface area contributed by atoms with Gasteiger partial charge >= 0.3 is 6.03 Å². The Kier molecular flexibility index (Phi) is 5.96. The molecule has 0 aromatic carbocycles. The van der Waals surface area contributed by atoms with Crippen LogP contribution in [0.5, 0.6) is 0 Å². The predicted molar refractivity (Wildman–Crippen MR) is 101 cm³/mol. The van der Waals surface area contributed by atoms with E-state index in [0.717, 1.165) is 56.0 Å². The topological polar surface area (TPSA) is 79.4 Å². The zero-order valence-corrected chi connectivity index (χ0v) is 16.2. The molecule has 1 aromatic heterocycles. The molecule has 1 aromatic rings. The third-order valence-electron chi connectivity index (χ3n) is 5.08. The quantitative estimate of drug-likeness (QED) is 0.788. The first-order valence-corrected chi connectivity index (χ1v) is 9.71. The molecule has 1 atom stereocenters. The van der Waals surface area contributed by atoms with Crippen molar-refractivity contribution in [1.82, 2.24) is 20.6 Å². The van der Waals surface area contributed by atoms with Gasteiger partial charge in [0.15, 0.2) is 0 Å². The van der Waals surface area contributed by atoms with Crippen LogP contribution in [0.15, 0.2) is 6.20 Å². The maximum atomic E-state index is 12.2. The highest BCUT2D eigenvalue weighted by atomic mass is 16.5. The first-order valence-electron chi connectivity index (χ1n) is 9.71. The van der Waals surface area contributed by atoms with Gasteiger partial charge in [0.2, 0.25) is 5.95 Å². The average Bonchev–Trinajstić information content (AvgIpc) is 2.61. The fourth-order valence-electron chi connectivity index (χ4n) is 3.67. The number of anilines is 1. The summed E-state index contributed by atoms with van der Waals surface area (Å²) in [5, 5.41) is 6.06. The molecule has 0 radical (unpaired) electrons. The molecular formula is C19H31N5O2. The lowest BCUT2D eigenvalue weighted by molar-refractivity contribution is 0.122. The SMILES string of the molecule is CCCCNC(=O)N[C@@H]1CC(C)(C)Cc2nc(N3CCOCC3)ncc21. The Hall–Kier alpha value is -1.89. The lowest BCUT2D eigenvalue weighted by Crippen LogP contribution is -2.43. The van der Waals surface area contributed by atoms with Crippen LogP contribution in [0.1, 0.15) is 57.3 Å². The van der Waals surface area contributed by atoms with Crippen LogP contribution in [0, 0.1) is 5.41 Å². The van der Waals surface area contributed by atoms with Gasteiger partial charge in [-0.1, -0.05) is 27.2 Å². The van der Waals surface area contributed by atoms with Crippen LogP contribution in [0.4, 0.5) is 10.7 Å². The average molecular weight is 361 g/mol. The van der Waals surface area contributed by atoms with Gasteiger partial charge in [0.25, 0.3) is 0 Å². The van der Waals surface area contributed by atoms with Crippen molar-refractivity contribution in [2.75, 3.05) is 37.7 Å². The number of carbonyl (C=O) groups excluding carboxylic acids is 1. The molecule has 2 amide bonds. The zero-order chi connectivity index (χ0) is 18.6. The van der Waals surface area contributed by atoms with Crippen molar-refractivity contribution in [2.45, 2.75) is 52.5 Å². The lowest BCUT2D eigenvalue weighted by Gasteiger charge is -2.37. The molecule has 0 bridgehead atoms. The third-order valence-corrected chi connectivity index (χ3v) is 5.08. The van der Waals surface area contributed by atoms with E-state index < -0.39 is 0 Å². The highest BCUT2D eigenvalue weighted by molar-refractivity contribution is 5.74. The van der Waals surface area contributed by atoms with Crippen LogP contribution in [-0.2, 0) is 11.2 Å². The Morgan fingerprint density at radius 3 is 2.88 bits per heavy atom. The lowest BCUT2D eigenvalue weighted by atomic mass is 9.74. The second-order valence-corrected chi connectivity index (χ2v) is 8.02. The molecule has 0 spiro atoms. The van der Waals surface area contributed by atoms with Gasteiger partial charge in [-0.3, -0.25) is 0 Å². The Bertz CT molecular complexity index is 628. The summed E-state index contributed by atoms with van der Waals surface area (Å²) in [7, 11) is 0.